The van der Waals surface area contributed by atoms with Gasteiger partial charge in [-0.1, -0.05) is 0 Å². The lowest BCUT2D eigenvalue weighted by atomic mass is 9.84. The molecule has 0 aromatic rings. The molecular formula is C21H43N5O7. The first kappa shape index (κ1) is 27.1. The first-order chi connectivity index (χ1) is 15.5. The molecule has 5 unspecified atom stereocenters. The smallest absolute Gasteiger partial charge is 0.185 e. The molecular weight excluding hydrogens is 434 g/mol. The number of nitrogens with two attached hydrogens (primary N) is 3. The van der Waals surface area contributed by atoms with E-state index < -0.39 is 60.7 Å². The van der Waals surface area contributed by atoms with Crippen molar-refractivity contribution < 1.29 is 34.3 Å². The average molecular weight is 478 g/mol. The third kappa shape index (κ3) is 5.85. The SMILES string of the molecule is CNC(C)[C@@H]1CC[C@@H](N)[C@@H](OC2C(O)[C@@H](OC3OC[C@](C)(O)C(NC)[C@H]3O)[C@H](N)C[C@@H]2N)O1. The maximum atomic E-state index is 11.1. The average Bonchev–Trinajstić information content (AvgIpc) is 2.76. The molecule has 12 heteroatoms. The fraction of sp³-hybridized carbons (Fsp3) is 1.00. The third-order valence-electron chi connectivity index (χ3n) is 7.24. The van der Waals surface area contributed by atoms with E-state index in [-0.39, 0.29) is 24.8 Å². The van der Waals surface area contributed by atoms with E-state index in [4.69, 9.17) is 36.1 Å². The summed E-state index contributed by atoms with van der Waals surface area (Å²) in [5.74, 6) is 0. The first-order valence-electron chi connectivity index (χ1n) is 11.8. The minimum absolute atomic E-state index is 0.0620. The summed E-state index contributed by atoms with van der Waals surface area (Å²) in [5.41, 5.74) is 17.5. The van der Waals surface area contributed by atoms with Crippen LogP contribution in [0.5, 0.6) is 0 Å². The molecule has 0 radical (unpaired) electrons. The summed E-state index contributed by atoms with van der Waals surface area (Å²) in [6.45, 7) is 3.52. The van der Waals surface area contributed by atoms with Crippen LogP contribution in [0.3, 0.4) is 0 Å². The highest BCUT2D eigenvalue weighted by Crippen LogP contribution is 2.31. The van der Waals surface area contributed by atoms with Crippen molar-refractivity contribution in [2.24, 2.45) is 17.2 Å². The first-order valence-corrected chi connectivity index (χ1v) is 11.8. The van der Waals surface area contributed by atoms with Gasteiger partial charge in [-0.15, -0.1) is 0 Å². The molecule has 0 bridgehead atoms. The summed E-state index contributed by atoms with van der Waals surface area (Å²) >= 11 is 0. The van der Waals surface area contributed by atoms with Gasteiger partial charge in [0.1, 0.15) is 30.0 Å². The molecule has 2 aliphatic heterocycles. The van der Waals surface area contributed by atoms with Crippen molar-refractivity contribution in [1.29, 1.82) is 0 Å². The van der Waals surface area contributed by atoms with Crippen LogP contribution in [0.15, 0.2) is 0 Å². The van der Waals surface area contributed by atoms with Gasteiger partial charge < -0.3 is 62.1 Å². The van der Waals surface area contributed by atoms with E-state index >= 15 is 0 Å². The van der Waals surface area contributed by atoms with Crippen LogP contribution in [0.25, 0.3) is 0 Å². The minimum Gasteiger partial charge on any atom is -0.388 e. The second kappa shape index (κ2) is 11.1. The molecule has 11 N–H and O–H groups in total. The van der Waals surface area contributed by atoms with Gasteiger partial charge in [-0.05, 0) is 47.2 Å². The Kier molecular flexibility index (Phi) is 9.09. The Labute approximate surface area is 195 Å². The molecule has 0 aromatic heterocycles. The van der Waals surface area contributed by atoms with Crippen LogP contribution in [0.1, 0.15) is 33.1 Å². The topological polar surface area (TPSA) is 200 Å². The summed E-state index contributed by atoms with van der Waals surface area (Å²) in [6, 6.07) is -2.11. The van der Waals surface area contributed by atoms with Crippen molar-refractivity contribution in [2.45, 2.75) is 112 Å². The molecule has 2 saturated heterocycles. The number of aliphatic hydroxyl groups is 3. The highest BCUT2D eigenvalue weighted by Gasteiger charge is 2.50. The highest BCUT2D eigenvalue weighted by molar-refractivity contribution is 5.02. The van der Waals surface area contributed by atoms with Gasteiger partial charge in [-0.2, -0.15) is 0 Å². The van der Waals surface area contributed by atoms with Crippen molar-refractivity contribution in [3.8, 4) is 0 Å². The molecule has 13 atom stereocenters. The van der Waals surface area contributed by atoms with Gasteiger partial charge in [0.2, 0.25) is 0 Å². The summed E-state index contributed by atoms with van der Waals surface area (Å²) in [7, 11) is 3.49. The van der Waals surface area contributed by atoms with E-state index in [1.807, 2.05) is 14.0 Å². The molecule has 0 aromatic carbocycles. The molecule has 3 fully saturated rings. The van der Waals surface area contributed by atoms with Gasteiger partial charge in [0, 0.05) is 18.1 Å². The fourth-order valence-corrected chi connectivity index (χ4v) is 5.04. The summed E-state index contributed by atoms with van der Waals surface area (Å²) < 4.78 is 23.7. The van der Waals surface area contributed by atoms with E-state index in [1.165, 1.54) is 0 Å². The molecule has 0 spiro atoms. The molecule has 3 rings (SSSR count). The van der Waals surface area contributed by atoms with E-state index in [2.05, 4.69) is 10.6 Å². The van der Waals surface area contributed by atoms with Crippen LogP contribution >= 0.6 is 0 Å². The number of nitrogens with one attached hydrogen (secondary N) is 2. The predicted molar refractivity (Wildman–Crippen MR) is 120 cm³/mol. The van der Waals surface area contributed by atoms with Crippen LogP contribution in [0.4, 0.5) is 0 Å². The molecule has 12 nitrogen and oxygen atoms in total. The van der Waals surface area contributed by atoms with Crippen LogP contribution in [-0.4, -0.2) is 115 Å². The van der Waals surface area contributed by atoms with Gasteiger partial charge in [0.15, 0.2) is 12.6 Å². The van der Waals surface area contributed by atoms with Crippen LogP contribution in [0.2, 0.25) is 0 Å². The molecule has 1 saturated carbocycles. The van der Waals surface area contributed by atoms with E-state index in [9.17, 15) is 15.3 Å². The molecule has 1 aliphatic carbocycles. The maximum absolute atomic E-state index is 11.1. The van der Waals surface area contributed by atoms with E-state index in [1.54, 1.807) is 14.0 Å². The number of hydrogen-bond acceptors (Lipinski definition) is 12. The summed E-state index contributed by atoms with van der Waals surface area (Å²) in [6.07, 6.45) is -4.22. The second-order valence-electron chi connectivity index (χ2n) is 9.91. The van der Waals surface area contributed by atoms with Crippen molar-refractivity contribution in [2.75, 3.05) is 20.7 Å². The lowest BCUT2D eigenvalue weighted by molar-refractivity contribution is -0.307. The monoisotopic (exact) mass is 477 g/mol. The van der Waals surface area contributed by atoms with Gasteiger partial charge in [0.25, 0.3) is 0 Å². The van der Waals surface area contributed by atoms with Gasteiger partial charge in [0.05, 0.1) is 24.8 Å². The number of rotatable bonds is 7. The van der Waals surface area contributed by atoms with E-state index in [0.717, 1.165) is 6.42 Å². The minimum atomic E-state index is -1.29. The zero-order valence-corrected chi connectivity index (χ0v) is 20.0. The molecule has 2 heterocycles. The molecule has 3 aliphatic rings. The quantitative estimate of drug-likeness (QED) is 0.182. The standard InChI is InChI=1S/C21H43N5O7/c1-9(25-3)13-6-5-10(22)19(31-13)32-16-11(23)7-12(24)17(14(16)27)33-20-15(28)18(26-4)21(2,29)8-30-20/h9-20,25-29H,5-8,22-24H2,1-4H3/t9?,10-,11+,12-,13+,14?,15-,16?,17+,18?,19-,20?,21+/m1/s1. The Morgan fingerprint density at radius 2 is 1.58 bits per heavy atom. The Hall–Kier alpha value is -0.480. The van der Waals surface area contributed by atoms with Gasteiger partial charge in [-0.25, -0.2) is 0 Å². The van der Waals surface area contributed by atoms with Crippen LogP contribution in [0, 0.1) is 0 Å². The molecule has 0 amide bonds. The Morgan fingerprint density at radius 3 is 2.15 bits per heavy atom. The molecule has 194 valence electrons. The predicted octanol–water partition coefficient (Wildman–Crippen LogP) is -3.33. The zero-order chi connectivity index (χ0) is 24.5. The lowest BCUT2D eigenvalue weighted by Crippen LogP contribution is -2.68. The normalized spacial score (nSPS) is 50.2. The molecule has 33 heavy (non-hydrogen) atoms. The fourth-order valence-electron chi connectivity index (χ4n) is 5.04. The van der Waals surface area contributed by atoms with Gasteiger partial charge in [-0.3, -0.25) is 0 Å². The van der Waals surface area contributed by atoms with Crippen molar-refractivity contribution >= 4 is 0 Å². The third-order valence-corrected chi connectivity index (χ3v) is 7.24. The number of ether oxygens (including phenoxy) is 4. The highest BCUT2D eigenvalue weighted by atomic mass is 16.7. The number of likely N-dealkylation sites (N-methyl/N-ethyl adjacent to an activating group) is 2. The second-order valence-corrected chi connectivity index (χ2v) is 9.91. The Balaban J connectivity index is 1.68. The van der Waals surface area contributed by atoms with Gasteiger partial charge >= 0.3 is 0 Å². The van der Waals surface area contributed by atoms with Crippen molar-refractivity contribution in [3.05, 3.63) is 0 Å². The van der Waals surface area contributed by atoms with Crippen molar-refractivity contribution in [3.63, 3.8) is 0 Å². The largest absolute Gasteiger partial charge is 0.388 e. The van der Waals surface area contributed by atoms with Crippen LogP contribution in [-0.2, 0) is 18.9 Å². The van der Waals surface area contributed by atoms with Crippen molar-refractivity contribution in [1.82, 2.24) is 10.6 Å². The van der Waals surface area contributed by atoms with Crippen LogP contribution < -0.4 is 27.8 Å². The Bertz CT molecular complexity index is 632. The Morgan fingerprint density at radius 1 is 0.970 bits per heavy atom. The van der Waals surface area contributed by atoms with E-state index in [0.29, 0.717) is 12.8 Å². The zero-order valence-electron chi connectivity index (χ0n) is 20.0. The number of hydrogen-bond donors (Lipinski definition) is 8. The lowest BCUT2D eigenvalue weighted by Gasteiger charge is -2.48. The summed E-state index contributed by atoms with van der Waals surface area (Å²) in [4.78, 5) is 0. The number of aliphatic hydroxyl groups excluding tert-OH is 2. The maximum Gasteiger partial charge on any atom is 0.185 e. The summed E-state index contributed by atoms with van der Waals surface area (Å²) in [5, 5.41) is 38.3.